The largest absolute Gasteiger partial charge is 0.383 e. The molecule has 2 heterocycles. The summed E-state index contributed by atoms with van der Waals surface area (Å²) in [7, 11) is 1.61. The van der Waals surface area contributed by atoms with E-state index in [1.165, 1.54) is 5.56 Å². The number of hydrogen-bond acceptors (Lipinski definition) is 3. The summed E-state index contributed by atoms with van der Waals surface area (Å²) in [4.78, 5) is 31.3. The molecule has 2 amide bonds. The summed E-state index contributed by atoms with van der Waals surface area (Å²) >= 11 is 0. The summed E-state index contributed by atoms with van der Waals surface area (Å²) in [6.07, 6.45) is 2.07. The lowest BCUT2D eigenvalue weighted by Gasteiger charge is -2.38. The maximum Gasteiger partial charge on any atom is 0.255 e. The Labute approximate surface area is 224 Å². The Morgan fingerprint density at radius 1 is 0.947 bits per heavy atom. The molecule has 38 heavy (non-hydrogen) atoms. The lowest BCUT2D eigenvalue weighted by Crippen LogP contribution is -2.48. The molecule has 0 saturated carbocycles. The molecule has 3 aromatic carbocycles. The zero-order chi connectivity index (χ0) is 26.6. The second-order valence-corrected chi connectivity index (χ2v) is 10.2. The highest BCUT2D eigenvalue weighted by Gasteiger charge is 2.33. The second-order valence-electron chi connectivity index (χ2n) is 10.2. The van der Waals surface area contributed by atoms with Gasteiger partial charge in [-0.1, -0.05) is 74.5 Å². The normalized spacial score (nSPS) is 15.1. The number of nitrogens with zero attached hydrogens (tertiary/aromatic N) is 3. The predicted molar refractivity (Wildman–Crippen MR) is 150 cm³/mol. The highest BCUT2D eigenvalue weighted by atomic mass is 16.5. The third-order valence-corrected chi connectivity index (χ3v) is 7.48. The van der Waals surface area contributed by atoms with Crippen molar-refractivity contribution in [3.05, 3.63) is 107 Å². The molecule has 0 N–H and O–H groups in total. The number of methoxy groups -OCH3 is 1. The van der Waals surface area contributed by atoms with E-state index < -0.39 is 0 Å². The summed E-state index contributed by atoms with van der Waals surface area (Å²) < 4.78 is 7.52. The average molecular weight is 510 g/mol. The van der Waals surface area contributed by atoms with Crippen LogP contribution >= 0.6 is 0 Å². The van der Waals surface area contributed by atoms with Crippen LogP contribution in [0.25, 0.3) is 10.8 Å². The first-order chi connectivity index (χ1) is 18.5. The molecule has 1 aliphatic heterocycles. The Morgan fingerprint density at radius 2 is 1.71 bits per heavy atom. The van der Waals surface area contributed by atoms with Crippen LogP contribution in [-0.4, -0.2) is 59.5 Å². The molecule has 1 aliphatic rings. The standard InChI is InChI=1S/C32H35N3O3/c1-23(2)24-13-15-26(16-14-24)31-29-12-7-17-33(29)18-19-35(31)30(36)22-34(20-21-38-3)32(37)28-11-6-9-25-8-4-5-10-27(25)28/h4-17,23,31H,18-22H2,1-3H3. The molecule has 1 aromatic heterocycles. The number of amides is 2. The predicted octanol–water partition coefficient (Wildman–Crippen LogP) is 5.49. The summed E-state index contributed by atoms with van der Waals surface area (Å²) in [6, 6.07) is 26.0. The number of aromatic nitrogens is 1. The van der Waals surface area contributed by atoms with Crippen molar-refractivity contribution in [3.63, 3.8) is 0 Å². The molecule has 0 saturated heterocycles. The summed E-state index contributed by atoms with van der Waals surface area (Å²) in [5.74, 6) is 0.205. The van der Waals surface area contributed by atoms with Crippen molar-refractivity contribution in [2.45, 2.75) is 32.4 Å². The first-order valence-electron chi connectivity index (χ1n) is 13.3. The molecule has 5 rings (SSSR count). The van der Waals surface area contributed by atoms with Crippen LogP contribution in [0.5, 0.6) is 0 Å². The fourth-order valence-corrected chi connectivity index (χ4v) is 5.36. The SMILES string of the molecule is COCCN(CC(=O)N1CCn2cccc2C1c1ccc(C(C)C)cc1)C(=O)c1cccc2ccccc12. The average Bonchev–Trinajstić information content (AvgIpc) is 3.43. The van der Waals surface area contributed by atoms with E-state index in [0.717, 1.165) is 28.6 Å². The lowest BCUT2D eigenvalue weighted by molar-refractivity contribution is -0.134. The lowest BCUT2D eigenvalue weighted by atomic mass is 9.95. The van der Waals surface area contributed by atoms with Crippen LogP contribution < -0.4 is 0 Å². The molecule has 4 aromatic rings. The van der Waals surface area contributed by atoms with Crippen LogP contribution in [0.4, 0.5) is 0 Å². The maximum absolute atomic E-state index is 13.9. The van der Waals surface area contributed by atoms with Crippen LogP contribution in [0, 0.1) is 0 Å². The molecular weight excluding hydrogens is 474 g/mol. The second kappa shape index (κ2) is 11.2. The zero-order valence-corrected chi connectivity index (χ0v) is 22.3. The molecule has 1 atom stereocenters. The maximum atomic E-state index is 13.9. The van der Waals surface area contributed by atoms with Gasteiger partial charge < -0.3 is 19.1 Å². The fraction of sp³-hybridized carbons (Fsp3) is 0.312. The van der Waals surface area contributed by atoms with E-state index in [4.69, 9.17) is 4.74 Å². The van der Waals surface area contributed by atoms with Crippen LogP contribution in [0.2, 0.25) is 0 Å². The van der Waals surface area contributed by atoms with Gasteiger partial charge in [0.05, 0.1) is 12.6 Å². The van der Waals surface area contributed by atoms with Gasteiger partial charge in [-0.05, 0) is 46.0 Å². The molecule has 0 spiro atoms. The first kappa shape index (κ1) is 25.7. The Morgan fingerprint density at radius 3 is 2.47 bits per heavy atom. The first-order valence-corrected chi connectivity index (χ1v) is 13.3. The number of hydrogen-bond donors (Lipinski definition) is 0. The van der Waals surface area contributed by atoms with Gasteiger partial charge in [0.2, 0.25) is 5.91 Å². The Kier molecular flexibility index (Phi) is 7.61. The van der Waals surface area contributed by atoms with E-state index in [9.17, 15) is 9.59 Å². The number of carbonyl (C=O) groups excluding carboxylic acids is 2. The molecule has 6 heteroatoms. The molecule has 6 nitrogen and oxygen atoms in total. The summed E-state index contributed by atoms with van der Waals surface area (Å²) in [5.41, 5.74) is 4.03. The van der Waals surface area contributed by atoms with E-state index in [1.807, 2.05) is 53.4 Å². The minimum absolute atomic E-state index is 0.00724. The van der Waals surface area contributed by atoms with Crippen molar-refractivity contribution in [1.82, 2.24) is 14.4 Å². The van der Waals surface area contributed by atoms with Gasteiger partial charge in [0.25, 0.3) is 5.91 Å². The molecular formula is C32H35N3O3. The molecule has 1 unspecified atom stereocenters. The third-order valence-electron chi connectivity index (χ3n) is 7.48. The van der Waals surface area contributed by atoms with Gasteiger partial charge in [0.15, 0.2) is 0 Å². The van der Waals surface area contributed by atoms with Crippen molar-refractivity contribution in [2.75, 3.05) is 33.4 Å². The van der Waals surface area contributed by atoms with Gasteiger partial charge in [-0.15, -0.1) is 0 Å². The number of rotatable bonds is 8. The third kappa shape index (κ3) is 5.09. The Balaban J connectivity index is 1.45. The minimum Gasteiger partial charge on any atom is -0.383 e. The van der Waals surface area contributed by atoms with E-state index in [1.54, 1.807) is 12.0 Å². The monoisotopic (exact) mass is 509 g/mol. The number of benzene rings is 3. The van der Waals surface area contributed by atoms with E-state index in [-0.39, 0.29) is 24.4 Å². The Hall–Kier alpha value is -3.90. The molecule has 0 aliphatic carbocycles. The van der Waals surface area contributed by atoms with Gasteiger partial charge in [0.1, 0.15) is 6.54 Å². The molecule has 0 radical (unpaired) electrons. The van der Waals surface area contributed by atoms with Gasteiger partial charge in [-0.3, -0.25) is 9.59 Å². The molecule has 196 valence electrons. The van der Waals surface area contributed by atoms with Crippen LogP contribution in [-0.2, 0) is 16.1 Å². The zero-order valence-electron chi connectivity index (χ0n) is 22.3. The molecule has 0 bridgehead atoms. The van der Waals surface area contributed by atoms with Gasteiger partial charge in [-0.2, -0.15) is 0 Å². The van der Waals surface area contributed by atoms with Crippen molar-refractivity contribution >= 4 is 22.6 Å². The summed E-state index contributed by atoms with van der Waals surface area (Å²) in [5, 5.41) is 1.88. The Bertz CT molecular complexity index is 1420. The van der Waals surface area contributed by atoms with Crippen molar-refractivity contribution < 1.29 is 14.3 Å². The summed E-state index contributed by atoms with van der Waals surface area (Å²) in [6.45, 7) is 6.35. The van der Waals surface area contributed by atoms with Gasteiger partial charge in [0, 0.05) is 44.2 Å². The number of ether oxygens (including phenoxy) is 1. The van der Waals surface area contributed by atoms with E-state index in [2.05, 4.69) is 54.9 Å². The van der Waals surface area contributed by atoms with Crippen LogP contribution in [0.1, 0.15) is 53.0 Å². The van der Waals surface area contributed by atoms with Gasteiger partial charge in [-0.25, -0.2) is 0 Å². The topological polar surface area (TPSA) is 54.8 Å². The van der Waals surface area contributed by atoms with Gasteiger partial charge >= 0.3 is 0 Å². The minimum atomic E-state index is -0.204. The van der Waals surface area contributed by atoms with Crippen LogP contribution in [0.3, 0.4) is 0 Å². The fourth-order valence-electron chi connectivity index (χ4n) is 5.36. The number of carbonyl (C=O) groups is 2. The highest BCUT2D eigenvalue weighted by molar-refractivity contribution is 6.07. The van der Waals surface area contributed by atoms with Crippen molar-refractivity contribution in [1.29, 1.82) is 0 Å². The van der Waals surface area contributed by atoms with Crippen molar-refractivity contribution in [3.8, 4) is 0 Å². The quantitative estimate of drug-likeness (QED) is 0.316. The number of fused-ring (bicyclic) bond motifs is 2. The van der Waals surface area contributed by atoms with E-state index >= 15 is 0 Å². The van der Waals surface area contributed by atoms with Crippen LogP contribution in [0.15, 0.2) is 85.1 Å². The molecule has 0 fully saturated rings. The smallest absolute Gasteiger partial charge is 0.255 e. The van der Waals surface area contributed by atoms with Crippen molar-refractivity contribution in [2.24, 2.45) is 0 Å². The highest BCUT2D eigenvalue weighted by Crippen LogP contribution is 2.33. The van der Waals surface area contributed by atoms with E-state index in [0.29, 0.717) is 31.2 Å².